The van der Waals surface area contributed by atoms with Gasteiger partial charge in [0.05, 0.1) is 21.7 Å². The topological polar surface area (TPSA) is 83.5 Å². The SMILES string of the molecule is O=C(O)c1ccc(S(=O)(=O)Nc2ccc(F)cc2C(F)(F)F)cc1. The van der Waals surface area contributed by atoms with Crippen LogP contribution in [-0.4, -0.2) is 19.5 Å². The van der Waals surface area contributed by atoms with E-state index in [1.54, 1.807) is 4.72 Å². The van der Waals surface area contributed by atoms with E-state index in [0.717, 1.165) is 24.3 Å². The van der Waals surface area contributed by atoms with Crippen LogP contribution in [-0.2, 0) is 16.2 Å². The fourth-order valence-corrected chi connectivity index (χ4v) is 2.90. The van der Waals surface area contributed by atoms with Crippen molar-refractivity contribution in [3.05, 3.63) is 59.4 Å². The third-order valence-electron chi connectivity index (χ3n) is 2.94. The van der Waals surface area contributed by atoms with Gasteiger partial charge in [0, 0.05) is 0 Å². The van der Waals surface area contributed by atoms with Gasteiger partial charge >= 0.3 is 12.1 Å². The standard InChI is InChI=1S/C14H9F4NO4S/c15-9-3-6-12(11(7-9)14(16,17)18)19-24(22,23)10-4-1-8(2-5-10)13(20)21/h1-7,19H,(H,20,21). The highest BCUT2D eigenvalue weighted by Crippen LogP contribution is 2.36. The second kappa shape index (κ2) is 6.11. The average Bonchev–Trinajstić information content (AvgIpc) is 2.48. The number of carbonyl (C=O) groups is 1. The smallest absolute Gasteiger partial charge is 0.418 e. The van der Waals surface area contributed by atoms with Crippen molar-refractivity contribution in [2.45, 2.75) is 11.1 Å². The fraction of sp³-hybridized carbons (Fsp3) is 0.0714. The van der Waals surface area contributed by atoms with E-state index < -0.39 is 44.1 Å². The predicted molar refractivity (Wildman–Crippen MR) is 75.6 cm³/mol. The van der Waals surface area contributed by atoms with Gasteiger partial charge in [-0.1, -0.05) is 0 Å². The van der Waals surface area contributed by atoms with Gasteiger partial charge in [0.2, 0.25) is 0 Å². The minimum atomic E-state index is -4.97. The number of alkyl halides is 3. The number of anilines is 1. The molecule has 0 radical (unpaired) electrons. The van der Waals surface area contributed by atoms with Gasteiger partial charge in [-0.25, -0.2) is 17.6 Å². The maximum absolute atomic E-state index is 13.0. The van der Waals surface area contributed by atoms with E-state index in [9.17, 15) is 30.8 Å². The predicted octanol–water partition coefficient (Wildman–Crippen LogP) is 3.34. The van der Waals surface area contributed by atoms with Crippen molar-refractivity contribution >= 4 is 21.7 Å². The summed E-state index contributed by atoms with van der Waals surface area (Å²) in [5.74, 6) is -2.46. The lowest BCUT2D eigenvalue weighted by atomic mass is 10.2. The van der Waals surface area contributed by atoms with Crippen LogP contribution < -0.4 is 4.72 Å². The van der Waals surface area contributed by atoms with E-state index >= 15 is 0 Å². The maximum atomic E-state index is 13.0. The van der Waals surface area contributed by atoms with Crippen LogP contribution in [0.4, 0.5) is 23.2 Å². The minimum Gasteiger partial charge on any atom is -0.478 e. The molecule has 0 saturated heterocycles. The van der Waals surface area contributed by atoms with Crippen molar-refractivity contribution in [1.29, 1.82) is 0 Å². The molecule has 0 aliphatic rings. The molecule has 0 spiro atoms. The maximum Gasteiger partial charge on any atom is 0.418 e. The number of carboxylic acids is 1. The average molecular weight is 363 g/mol. The molecular weight excluding hydrogens is 354 g/mol. The molecule has 2 aromatic rings. The molecule has 0 amide bonds. The lowest BCUT2D eigenvalue weighted by molar-refractivity contribution is -0.137. The van der Waals surface area contributed by atoms with E-state index in [0.29, 0.717) is 12.1 Å². The van der Waals surface area contributed by atoms with Gasteiger partial charge in [-0.15, -0.1) is 0 Å². The van der Waals surface area contributed by atoms with Crippen LogP contribution in [0.15, 0.2) is 47.4 Å². The molecule has 0 aromatic heterocycles. The van der Waals surface area contributed by atoms with Crippen LogP contribution in [0.25, 0.3) is 0 Å². The molecule has 2 rings (SSSR count). The van der Waals surface area contributed by atoms with Crippen molar-refractivity contribution < 1.29 is 35.9 Å². The lowest BCUT2D eigenvalue weighted by Crippen LogP contribution is -2.17. The zero-order chi connectivity index (χ0) is 18.1. The van der Waals surface area contributed by atoms with E-state index in [4.69, 9.17) is 5.11 Å². The molecule has 0 fully saturated rings. The normalized spacial score (nSPS) is 12.0. The van der Waals surface area contributed by atoms with Crippen molar-refractivity contribution in [1.82, 2.24) is 0 Å². The van der Waals surface area contributed by atoms with Gasteiger partial charge in [-0.2, -0.15) is 13.2 Å². The number of carboxylic acid groups (broad SMARTS) is 1. The molecule has 24 heavy (non-hydrogen) atoms. The second-order valence-electron chi connectivity index (χ2n) is 4.62. The van der Waals surface area contributed by atoms with Gasteiger partial charge in [-0.05, 0) is 42.5 Å². The highest BCUT2D eigenvalue weighted by atomic mass is 32.2. The molecule has 5 nitrogen and oxygen atoms in total. The van der Waals surface area contributed by atoms with Crippen molar-refractivity contribution in [3.63, 3.8) is 0 Å². The van der Waals surface area contributed by atoms with Crippen LogP contribution in [0.5, 0.6) is 0 Å². The highest BCUT2D eigenvalue weighted by molar-refractivity contribution is 7.92. The number of hydrogen-bond donors (Lipinski definition) is 2. The molecular formula is C14H9F4NO4S. The summed E-state index contributed by atoms with van der Waals surface area (Å²) in [6.45, 7) is 0. The largest absolute Gasteiger partial charge is 0.478 e. The molecule has 0 unspecified atom stereocenters. The molecule has 0 bridgehead atoms. The molecule has 0 atom stereocenters. The zero-order valence-electron chi connectivity index (χ0n) is 11.6. The van der Waals surface area contributed by atoms with Gasteiger partial charge in [0.25, 0.3) is 10.0 Å². The summed E-state index contributed by atoms with van der Waals surface area (Å²) in [5, 5.41) is 8.74. The molecule has 2 aromatic carbocycles. The minimum absolute atomic E-state index is 0.172. The number of halogens is 4. The Morgan fingerprint density at radius 3 is 2.12 bits per heavy atom. The summed E-state index contributed by atoms with van der Waals surface area (Å²) in [5.41, 5.74) is -2.51. The van der Waals surface area contributed by atoms with Gasteiger partial charge in [-0.3, -0.25) is 4.72 Å². The van der Waals surface area contributed by atoms with E-state index in [2.05, 4.69) is 0 Å². The molecule has 0 aliphatic heterocycles. The van der Waals surface area contributed by atoms with Crippen molar-refractivity contribution in [3.8, 4) is 0 Å². The van der Waals surface area contributed by atoms with Crippen molar-refractivity contribution in [2.75, 3.05) is 4.72 Å². The second-order valence-corrected chi connectivity index (χ2v) is 6.31. The van der Waals surface area contributed by atoms with Crippen LogP contribution in [0.1, 0.15) is 15.9 Å². The van der Waals surface area contributed by atoms with E-state index in [1.165, 1.54) is 0 Å². The summed E-state index contributed by atoms with van der Waals surface area (Å²) < 4.78 is 77.6. The Morgan fingerprint density at radius 1 is 1.04 bits per heavy atom. The highest BCUT2D eigenvalue weighted by Gasteiger charge is 2.35. The Kier molecular flexibility index (Phi) is 4.52. The zero-order valence-corrected chi connectivity index (χ0v) is 12.5. The van der Waals surface area contributed by atoms with E-state index in [-0.39, 0.29) is 11.6 Å². The van der Waals surface area contributed by atoms with Crippen LogP contribution >= 0.6 is 0 Å². The number of nitrogens with one attached hydrogen (secondary N) is 1. The lowest BCUT2D eigenvalue weighted by Gasteiger charge is -2.15. The van der Waals surface area contributed by atoms with Crippen molar-refractivity contribution in [2.24, 2.45) is 0 Å². The molecule has 10 heteroatoms. The van der Waals surface area contributed by atoms with Crippen LogP contribution in [0.2, 0.25) is 0 Å². The molecule has 2 N–H and O–H groups in total. The first-order valence-electron chi connectivity index (χ1n) is 6.23. The Bertz CT molecular complexity index is 877. The quantitative estimate of drug-likeness (QED) is 0.816. The molecule has 0 aliphatic carbocycles. The van der Waals surface area contributed by atoms with Crippen LogP contribution in [0.3, 0.4) is 0 Å². The van der Waals surface area contributed by atoms with Gasteiger partial charge < -0.3 is 5.11 Å². The Labute approximate surface area is 133 Å². The third kappa shape index (κ3) is 3.82. The molecule has 128 valence electrons. The summed E-state index contributed by atoms with van der Waals surface area (Å²) in [4.78, 5) is 10.3. The van der Waals surface area contributed by atoms with E-state index in [1.807, 2.05) is 0 Å². The first-order valence-corrected chi connectivity index (χ1v) is 7.72. The summed E-state index contributed by atoms with van der Waals surface area (Å²) in [7, 11) is -4.42. The Hall–Kier alpha value is -2.62. The molecule has 0 saturated carbocycles. The Balaban J connectivity index is 2.41. The summed E-state index contributed by atoms with van der Waals surface area (Å²) in [6.07, 6.45) is -4.97. The molecule has 0 heterocycles. The first kappa shape index (κ1) is 17.7. The number of rotatable bonds is 4. The summed E-state index contributed by atoms with van der Waals surface area (Å²) in [6, 6.07) is 5.36. The fourth-order valence-electron chi connectivity index (χ4n) is 1.82. The third-order valence-corrected chi connectivity index (χ3v) is 4.32. The number of aromatic carboxylic acids is 1. The number of hydrogen-bond acceptors (Lipinski definition) is 3. The first-order chi connectivity index (χ1) is 11.0. The van der Waals surface area contributed by atoms with Gasteiger partial charge in [0.1, 0.15) is 5.82 Å². The monoisotopic (exact) mass is 363 g/mol. The Morgan fingerprint density at radius 2 is 1.62 bits per heavy atom. The summed E-state index contributed by atoms with van der Waals surface area (Å²) >= 11 is 0. The van der Waals surface area contributed by atoms with Gasteiger partial charge in [0.15, 0.2) is 0 Å². The van der Waals surface area contributed by atoms with Crippen LogP contribution in [0, 0.1) is 5.82 Å². The number of benzene rings is 2. The number of sulfonamides is 1.